The normalized spacial score (nSPS) is 23.3. The van der Waals surface area contributed by atoms with Gasteiger partial charge in [-0.15, -0.1) is 0 Å². The Bertz CT molecular complexity index is 406. The van der Waals surface area contributed by atoms with Crippen LogP contribution in [0.25, 0.3) is 0 Å². The molecular weight excluding hydrogens is 236 g/mol. The molecule has 1 heterocycles. The summed E-state index contributed by atoms with van der Waals surface area (Å²) in [6.07, 6.45) is 6.37. The molecule has 1 fully saturated rings. The van der Waals surface area contributed by atoms with Crippen molar-refractivity contribution in [2.45, 2.75) is 58.6 Å². The summed E-state index contributed by atoms with van der Waals surface area (Å²) in [5.41, 5.74) is 2.37. The average Bonchev–Trinajstić information content (AvgIpc) is 2.41. The molecule has 0 aliphatic heterocycles. The van der Waals surface area contributed by atoms with Gasteiger partial charge in [0.25, 0.3) is 0 Å². The molecule has 0 amide bonds. The predicted molar refractivity (Wildman–Crippen MR) is 78.4 cm³/mol. The van der Waals surface area contributed by atoms with Gasteiger partial charge in [0, 0.05) is 18.3 Å². The highest BCUT2D eigenvalue weighted by atomic mass is 16.5. The summed E-state index contributed by atoms with van der Waals surface area (Å²) in [4.78, 5) is 4.61. The summed E-state index contributed by atoms with van der Waals surface area (Å²) < 4.78 is 6.16. The summed E-state index contributed by atoms with van der Waals surface area (Å²) in [5.74, 6) is 1.46. The van der Waals surface area contributed by atoms with Crippen LogP contribution in [0.5, 0.6) is 5.88 Å². The topological polar surface area (TPSA) is 34.1 Å². The predicted octanol–water partition coefficient (Wildman–Crippen LogP) is 3.32. The minimum Gasteiger partial charge on any atom is -0.474 e. The number of hydrogen-bond acceptors (Lipinski definition) is 3. The van der Waals surface area contributed by atoms with E-state index in [-0.39, 0.29) is 0 Å². The van der Waals surface area contributed by atoms with E-state index in [0.29, 0.717) is 12.0 Å². The third kappa shape index (κ3) is 3.93. The molecule has 1 aromatic heterocycles. The highest BCUT2D eigenvalue weighted by molar-refractivity contribution is 5.25. The Balaban J connectivity index is 2.11. The largest absolute Gasteiger partial charge is 0.474 e. The first-order chi connectivity index (χ1) is 9.22. The number of aryl methyl sites for hydroxylation is 1. The molecule has 0 radical (unpaired) electrons. The highest BCUT2D eigenvalue weighted by Gasteiger charge is 2.23. The smallest absolute Gasteiger partial charge is 0.214 e. The fourth-order valence-electron chi connectivity index (χ4n) is 2.78. The molecule has 1 aliphatic carbocycles. The third-order valence-electron chi connectivity index (χ3n) is 3.96. The van der Waals surface area contributed by atoms with Crippen LogP contribution < -0.4 is 10.1 Å². The van der Waals surface area contributed by atoms with Gasteiger partial charge in [0.05, 0.1) is 0 Å². The van der Waals surface area contributed by atoms with E-state index in [0.717, 1.165) is 24.5 Å². The zero-order valence-electron chi connectivity index (χ0n) is 12.4. The summed E-state index contributed by atoms with van der Waals surface area (Å²) in [6.45, 7) is 5.30. The average molecular weight is 262 g/mol. The van der Waals surface area contributed by atoms with Crippen molar-refractivity contribution in [1.29, 1.82) is 0 Å². The number of nitrogens with one attached hydrogen (secondary N) is 1. The second kappa shape index (κ2) is 6.90. The van der Waals surface area contributed by atoms with Crippen molar-refractivity contribution >= 4 is 0 Å². The van der Waals surface area contributed by atoms with Crippen LogP contribution in [-0.2, 0) is 13.0 Å². The van der Waals surface area contributed by atoms with Crippen molar-refractivity contribution in [2.24, 2.45) is 5.92 Å². The van der Waals surface area contributed by atoms with Crippen LogP contribution in [0.2, 0.25) is 0 Å². The fraction of sp³-hybridized carbons (Fsp3) is 0.688. The lowest BCUT2D eigenvalue weighted by Gasteiger charge is -2.29. The first-order valence-corrected chi connectivity index (χ1v) is 7.54. The molecule has 0 bridgehead atoms. The van der Waals surface area contributed by atoms with Crippen molar-refractivity contribution in [3.05, 3.63) is 23.4 Å². The molecule has 1 aliphatic rings. The van der Waals surface area contributed by atoms with Crippen LogP contribution in [0.3, 0.4) is 0 Å². The lowest BCUT2D eigenvalue weighted by Crippen LogP contribution is -2.28. The van der Waals surface area contributed by atoms with Crippen LogP contribution in [0.15, 0.2) is 12.1 Å². The van der Waals surface area contributed by atoms with Gasteiger partial charge in [-0.1, -0.05) is 20.3 Å². The van der Waals surface area contributed by atoms with Gasteiger partial charge in [0.15, 0.2) is 0 Å². The summed E-state index contributed by atoms with van der Waals surface area (Å²) in [5, 5.41) is 3.19. The molecule has 3 heteroatoms. The molecule has 19 heavy (non-hydrogen) atoms. The van der Waals surface area contributed by atoms with E-state index in [2.05, 4.69) is 36.3 Å². The van der Waals surface area contributed by atoms with Crippen LogP contribution in [0.1, 0.15) is 50.8 Å². The minimum absolute atomic E-state index is 0.343. The molecular formula is C16H26N2O. The zero-order valence-corrected chi connectivity index (χ0v) is 12.4. The maximum Gasteiger partial charge on any atom is 0.214 e. The number of nitrogens with zero attached hydrogens (tertiary/aromatic N) is 1. The van der Waals surface area contributed by atoms with E-state index in [1.165, 1.54) is 31.2 Å². The van der Waals surface area contributed by atoms with E-state index in [4.69, 9.17) is 4.74 Å². The second-order valence-electron chi connectivity index (χ2n) is 5.61. The van der Waals surface area contributed by atoms with Crippen LogP contribution in [0, 0.1) is 5.92 Å². The van der Waals surface area contributed by atoms with E-state index in [1.807, 2.05) is 7.05 Å². The van der Waals surface area contributed by atoms with Crippen molar-refractivity contribution in [3.8, 4) is 5.88 Å². The third-order valence-corrected chi connectivity index (χ3v) is 3.96. The zero-order chi connectivity index (χ0) is 13.7. The molecule has 2 rings (SSSR count). The van der Waals surface area contributed by atoms with Gasteiger partial charge in [0.1, 0.15) is 6.10 Å². The van der Waals surface area contributed by atoms with Crippen LogP contribution in [-0.4, -0.2) is 18.1 Å². The molecule has 2 atom stereocenters. The van der Waals surface area contributed by atoms with Gasteiger partial charge in [-0.05, 0) is 50.3 Å². The van der Waals surface area contributed by atoms with E-state index >= 15 is 0 Å². The fourth-order valence-corrected chi connectivity index (χ4v) is 2.78. The maximum atomic E-state index is 6.16. The van der Waals surface area contributed by atoms with E-state index in [1.54, 1.807) is 0 Å². The van der Waals surface area contributed by atoms with Crippen molar-refractivity contribution < 1.29 is 4.74 Å². The number of aromatic nitrogens is 1. The summed E-state index contributed by atoms with van der Waals surface area (Å²) in [6, 6.07) is 4.24. The Hall–Kier alpha value is -1.09. The SMILES string of the molecule is CCc1cc(CNC)cc(OC2CCCCC2C)n1. The molecule has 106 valence electrons. The number of pyridine rings is 1. The monoisotopic (exact) mass is 262 g/mol. The Morgan fingerprint density at radius 2 is 2.11 bits per heavy atom. The van der Waals surface area contributed by atoms with Crippen molar-refractivity contribution in [1.82, 2.24) is 10.3 Å². The minimum atomic E-state index is 0.343. The number of hydrogen-bond donors (Lipinski definition) is 1. The van der Waals surface area contributed by atoms with Crippen LogP contribution >= 0.6 is 0 Å². The van der Waals surface area contributed by atoms with Crippen molar-refractivity contribution in [2.75, 3.05) is 7.05 Å². The lowest BCUT2D eigenvalue weighted by molar-refractivity contribution is 0.0973. The number of ether oxygens (including phenoxy) is 1. The Morgan fingerprint density at radius 3 is 2.79 bits per heavy atom. The first-order valence-electron chi connectivity index (χ1n) is 7.54. The molecule has 0 saturated heterocycles. The standard InChI is InChI=1S/C16H26N2O/c1-4-14-9-13(11-17-3)10-16(18-14)19-15-8-6-5-7-12(15)2/h9-10,12,15,17H,4-8,11H2,1-3H3. The van der Waals surface area contributed by atoms with Gasteiger partial charge in [-0.25, -0.2) is 4.98 Å². The van der Waals surface area contributed by atoms with E-state index in [9.17, 15) is 0 Å². The highest BCUT2D eigenvalue weighted by Crippen LogP contribution is 2.27. The Labute approximate surface area is 116 Å². The first kappa shape index (κ1) is 14.3. The van der Waals surface area contributed by atoms with Gasteiger partial charge in [-0.3, -0.25) is 0 Å². The van der Waals surface area contributed by atoms with E-state index < -0.39 is 0 Å². The van der Waals surface area contributed by atoms with Gasteiger partial charge < -0.3 is 10.1 Å². The summed E-state index contributed by atoms with van der Waals surface area (Å²) >= 11 is 0. The molecule has 1 aromatic rings. The summed E-state index contributed by atoms with van der Waals surface area (Å²) in [7, 11) is 1.97. The van der Waals surface area contributed by atoms with Gasteiger partial charge in [0.2, 0.25) is 5.88 Å². The van der Waals surface area contributed by atoms with Gasteiger partial charge >= 0.3 is 0 Å². The Morgan fingerprint density at radius 1 is 1.32 bits per heavy atom. The maximum absolute atomic E-state index is 6.16. The second-order valence-corrected chi connectivity index (χ2v) is 5.61. The molecule has 1 saturated carbocycles. The molecule has 0 aromatic carbocycles. The molecule has 1 N–H and O–H groups in total. The lowest BCUT2D eigenvalue weighted by atomic mass is 9.88. The van der Waals surface area contributed by atoms with Crippen molar-refractivity contribution in [3.63, 3.8) is 0 Å². The quantitative estimate of drug-likeness (QED) is 0.884. The Kier molecular flexibility index (Phi) is 5.20. The number of rotatable bonds is 5. The molecule has 0 spiro atoms. The van der Waals surface area contributed by atoms with Crippen LogP contribution in [0.4, 0.5) is 0 Å². The van der Waals surface area contributed by atoms with Gasteiger partial charge in [-0.2, -0.15) is 0 Å². The molecule has 2 unspecified atom stereocenters. The molecule has 3 nitrogen and oxygen atoms in total.